The van der Waals surface area contributed by atoms with E-state index >= 15 is 0 Å². The summed E-state index contributed by atoms with van der Waals surface area (Å²) in [6.07, 6.45) is 4.69. The minimum Gasteiger partial charge on any atom is -0.371 e. The standard InChI is InChI=1S/C25H35N3S/c1-5-15-27-16-7-8-22-17-21(11-14-24(22)27)18-28(20(4)6-2)25(29)26-23-12-9-19(3)10-13-23/h9-14,17,20H,5-8,15-16,18H2,1-4H3,(H,26,29). The fourth-order valence-electron chi connectivity index (χ4n) is 4.01. The van der Waals surface area contributed by atoms with Gasteiger partial charge in [0.2, 0.25) is 0 Å². The summed E-state index contributed by atoms with van der Waals surface area (Å²) in [6, 6.07) is 15.8. The molecule has 29 heavy (non-hydrogen) atoms. The number of hydrogen-bond donors (Lipinski definition) is 1. The minimum atomic E-state index is 0.382. The van der Waals surface area contributed by atoms with Crippen LogP contribution in [0.1, 0.15) is 56.7 Å². The van der Waals surface area contributed by atoms with E-state index in [1.807, 2.05) is 0 Å². The number of nitrogens with zero attached hydrogens (tertiary/aromatic N) is 2. The van der Waals surface area contributed by atoms with Gasteiger partial charge < -0.3 is 15.1 Å². The summed E-state index contributed by atoms with van der Waals surface area (Å²) in [5.74, 6) is 0. The molecule has 1 N–H and O–H groups in total. The number of rotatable bonds is 7. The van der Waals surface area contributed by atoms with Gasteiger partial charge in [0.15, 0.2) is 5.11 Å². The van der Waals surface area contributed by atoms with Gasteiger partial charge in [-0.3, -0.25) is 0 Å². The van der Waals surface area contributed by atoms with Gasteiger partial charge in [0.25, 0.3) is 0 Å². The average Bonchev–Trinajstić information content (AvgIpc) is 2.73. The average molecular weight is 410 g/mol. The lowest BCUT2D eigenvalue weighted by molar-refractivity contribution is 0.319. The van der Waals surface area contributed by atoms with Crippen molar-refractivity contribution in [2.45, 2.75) is 66.0 Å². The Morgan fingerprint density at radius 2 is 1.93 bits per heavy atom. The summed E-state index contributed by atoms with van der Waals surface area (Å²) in [5.41, 5.74) is 6.57. The molecule has 0 bridgehead atoms. The predicted molar refractivity (Wildman–Crippen MR) is 130 cm³/mol. The van der Waals surface area contributed by atoms with Crippen LogP contribution in [0.3, 0.4) is 0 Å². The number of hydrogen-bond acceptors (Lipinski definition) is 2. The van der Waals surface area contributed by atoms with E-state index < -0.39 is 0 Å². The van der Waals surface area contributed by atoms with Crippen molar-refractivity contribution in [1.82, 2.24) is 4.90 Å². The van der Waals surface area contributed by atoms with Crippen molar-refractivity contribution in [3.05, 3.63) is 59.2 Å². The molecule has 3 rings (SSSR count). The third kappa shape index (κ3) is 5.51. The summed E-state index contributed by atoms with van der Waals surface area (Å²) in [5, 5.41) is 4.24. The third-order valence-corrected chi connectivity index (χ3v) is 6.23. The van der Waals surface area contributed by atoms with Gasteiger partial charge in [-0.1, -0.05) is 43.7 Å². The fourth-order valence-corrected chi connectivity index (χ4v) is 4.37. The smallest absolute Gasteiger partial charge is 0.173 e. The van der Waals surface area contributed by atoms with Crippen molar-refractivity contribution < 1.29 is 0 Å². The second-order valence-electron chi connectivity index (χ2n) is 8.24. The molecule has 1 heterocycles. The van der Waals surface area contributed by atoms with Gasteiger partial charge in [0, 0.05) is 37.1 Å². The Hall–Kier alpha value is -2.07. The molecule has 0 aromatic heterocycles. The number of anilines is 2. The zero-order valence-corrected chi connectivity index (χ0v) is 19.2. The largest absolute Gasteiger partial charge is 0.371 e. The van der Waals surface area contributed by atoms with Gasteiger partial charge in [-0.05, 0) is 81.1 Å². The zero-order valence-electron chi connectivity index (χ0n) is 18.4. The lowest BCUT2D eigenvalue weighted by Gasteiger charge is -2.33. The Balaban J connectivity index is 1.76. The molecular formula is C25H35N3S. The number of benzene rings is 2. The molecule has 1 atom stereocenters. The van der Waals surface area contributed by atoms with E-state index in [9.17, 15) is 0 Å². The van der Waals surface area contributed by atoms with E-state index in [1.54, 1.807) is 0 Å². The first-order chi connectivity index (χ1) is 14.0. The van der Waals surface area contributed by atoms with Gasteiger partial charge >= 0.3 is 0 Å². The molecule has 0 aliphatic carbocycles. The van der Waals surface area contributed by atoms with E-state index in [2.05, 4.69) is 85.3 Å². The summed E-state index contributed by atoms with van der Waals surface area (Å²) < 4.78 is 0. The van der Waals surface area contributed by atoms with Gasteiger partial charge in [-0.15, -0.1) is 0 Å². The van der Waals surface area contributed by atoms with Crippen LogP contribution in [0.25, 0.3) is 0 Å². The zero-order chi connectivity index (χ0) is 20.8. The van der Waals surface area contributed by atoms with E-state index in [4.69, 9.17) is 12.2 Å². The second-order valence-corrected chi connectivity index (χ2v) is 8.62. The van der Waals surface area contributed by atoms with Crippen molar-refractivity contribution in [2.75, 3.05) is 23.3 Å². The molecule has 0 fully saturated rings. The van der Waals surface area contributed by atoms with Crippen LogP contribution in [0.15, 0.2) is 42.5 Å². The molecule has 0 saturated carbocycles. The van der Waals surface area contributed by atoms with Crippen LogP contribution in [0.5, 0.6) is 0 Å². The van der Waals surface area contributed by atoms with Crippen LogP contribution in [0.4, 0.5) is 11.4 Å². The highest BCUT2D eigenvalue weighted by atomic mass is 32.1. The van der Waals surface area contributed by atoms with Crippen LogP contribution in [-0.4, -0.2) is 29.1 Å². The first-order valence-corrected chi connectivity index (χ1v) is 11.4. The first-order valence-electron chi connectivity index (χ1n) is 11.0. The Morgan fingerprint density at radius 1 is 1.17 bits per heavy atom. The van der Waals surface area contributed by atoms with E-state index in [1.165, 1.54) is 48.2 Å². The van der Waals surface area contributed by atoms with Crippen molar-refractivity contribution >= 4 is 28.7 Å². The molecule has 1 aliphatic heterocycles. The molecule has 0 spiro atoms. The summed E-state index contributed by atoms with van der Waals surface area (Å²) >= 11 is 5.81. The molecule has 1 aliphatic rings. The first kappa shape index (κ1) is 21.6. The number of aryl methyl sites for hydroxylation is 2. The number of nitrogens with one attached hydrogen (secondary N) is 1. The lowest BCUT2D eigenvalue weighted by Crippen LogP contribution is -2.40. The van der Waals surface area contributed by atoms with Crippen molar-refractivity contribution in [1.29, 1.82) is 0 Å². The second kappa shape index (κ2) is 10.1. The Labute approximate surface area is 182 Å². The molecule has 0 saturated heterocycles. The molecule has 4 heteroatoms. The van der Waals surface area contributed by atoms with Crippen LogP contribution < -0.4 is 10.2 Å². The fraction of sp³-hybridized carbons (Fsp3) is 0.480. The summed E-state index contributed by atoms with van der Waals surface area (Å²) in [6.45, 7) is 12.0. The highest BCUT2D eigenvalue weighted by Crippen LogP contribution is 2.29. The maximum absolute atomic E-state index is 5.81. The third-order valence-electron chi connectivity index (χ3n) is 5.89. The van der Waals surface area contributed by atoms with Crippen LogP contribution in [0.2, 0.25) is 0 Å². The number of thiocarbonyl (C=S) groups is 1. The monoisotopic (exact) mass is 409 g/mol. The van der Waals surface area contributed by atoms with E-state index in [0.717, 1.165) is 30.3 Å². The van der Waals surface area contributed by atoms with Crippen LogP contribution in [-0.2, 0) is 13.0 Å². The van der Waals surface area contributed by atoms with Crippen molar-refractivity contribution in [3.63, 3.8) is 0 Å². The van der Waals surface area contributed by atoms with E-state index in [0.29, 0.717) is 6.04 Å². The maximum Gasteiger partial charge on any atom is 0.173 e. The molecule has 1 unspecified atom stereocenters. The highest BCUT2D eigenvalue weighted by Gasteiger charge is 2.20. The predicted octanol–water partition coefficient (Wildman–Crippen LogP) is 6.16. The molecule has 2 aromatic carbocycles. The van der Waals surface area contributed by atoms with Gasteiger partial charge in [0.05, 0.1) is 0 Å². The summed E-state index contributed by atoms with van der Waals surface area (Å²) in [4.78, 5) is 4.86. The summed E-state index contributed by atoms with van der Waals surface area (Å²) in [7, 11) is 0. The normalized spacial score (nSPS) is 14.3. The highest BCUT2D eigenvalue weighted by molar-refractivity contribution is 7.80. The van der Waals surface area contributed by atoms with E-state index in [-0.39, 0.29) is 0 Å². The minimum absolute atomic E-state index is 0.382. The topological polar surface area (TPSA) is 18.5 Å². The number of fused-ring (bicyclic) bond motifs is 1. The molecule has 2 aromatic rings. The van der Waals surface area contributed by atoms with Gasteiger partial charge in [-0.25, -0.2) is 0 Å². The molecule has 3 nitrogen and oxygen atoms in total. The quantitative estimate of drug-likeness (QED) is 0.552. The van der Waals surface area contributed by atoms with Crippen molar-refractivity contribution in [3.8, 4) is 0 Å². The maximum atomic E-state index is 5.81. The van der Waals surface area contributed by atoms with Gasteiger partial charge in [-0.2, -0.15) is 0 Å². The SMILES string of the molecule is CCCN1CCCc2cc(CN(C(=S)Nc3ccc(C)cc3)C(C)CC)ccc21. The molecule has 0 amide bonds. The van der Waals surface area contributed by atoms with Gasteiger partial charge in [0.1, 0.15) is 0 Å². The molecular weight excluding hydrogens is 374 g/mol. The Morgan fingerprint density at radius 3 is 2.62 bits per heavy atom. The van der Waals surface area contributed by atoms with Crippen LogP contribution >= 0.6 is 12.2 Å². The molecule has 156 valence electrons. The Bertz CT molecular complexity index is 815. The Kier molecular flexibility index (Phi) is 7.54. The van der Waals surface area contributed by atoms with Crippen molar-refractivity contribution in [2.24, 2.45) is 0 Å². The lowest BCUT2D eigenvalue weighted by atomic mass is 9.98. The molecule has 0 radical (unpaired) electrons. The van der Waals surface area contributed by atoms with Crippen LogP contribution in [0, 0.1) is 6.92 Å².